The van der Waals surface area contributed by atoms with Crippen molar-refractivity contribution in [1.82, 2.24) is 5.43 Å². The summed E-state index contributed by atoms with van der Waals surface area (Å²) in [4.78, 5) is 24.2. The summed E-state index contributed by atoms with van der Waals surface area (Å²) in [6.07, 6.45) is 0.445. The fourth-order valence-corrected chi connectivity index (χ4v) is 4.79. The van der Waals surface area contributed by atoms with Gasteiger partial charge in [0.15, 0.2) is 11.5 Å². The lowest BCUT2D eigenvalue weighted by Crippen LogP contribution is -2.40. The summed E-state index contributed by atoms with van der Waals surface area (Å²) < 4.78 is 42.7. The Morgan fingerprint density at radius 1 is 0.973 bits per heavy atom. The van der Waals surface area contributed by atoms with Gasteiger partial charge in [0, 0.05) is 0 Å². The summed E-state index contributed by atoms with van der Waals surface area (Å²) in [7, 11) is -1.45. The van der Waals surface area contributed by atoms with Gasteiger partial charge >= 0.3 is 6.16 Å². The van der Waals surface area contributed by atoms with Gasteiger partial charge in [0.25, 0.3) is 15.9 Å². The van der Waals surface area contributed by atoms with Crippen LogP contribution < -0.4 is 19.2 Å². The van der Waals surface area contributed by atoms with E-state index in [4.69, 9.17) is 9.47 Å². The number of amides is 1. The minimum atomic E-state index is -4.04. The molecule has 37 heavy (non-hydrogen) atoms. The molecular weight excluding hydrogens is 498 g/mol. The number of benzene rings is 3. The highest BCUT2D eigenvalue weighted by atomic mass is 32.2. The van der Waals surface area contributed by atoms with Gasteiger partial charge in [0.2, 0.25) is 0 Å². The van der Waals surface area contributed by atoms with E-state index in [2.05, 4.69) is 15.3 Å². The van der Waals surface area contributed by atoms with Crippen LogP contribution in [0, 0.1) is 13.8 Å². The SMILES string of the molecule is COC(=O)Oc1ccc(/C=N/NC(=O)CN(c2ccccc2C)S(=O)(=O)c2ccc(C)cc2)cc1OC. The first kappa shape index (κ1) is 27.2. The number of hydrogen-bond acceptors (Lipinski definition) is 8. The second-order valence-corrected chi connectivity index (χ2v) is 9.73. The number of aryl methyl sites for hydroxylation is 2. The summed E-state index contributed by atoms with van der Waals surface area (Å²) in [5.74, 6) is -0.255. The highest BCUT2D eigenvalue weighted by molar-refractivity contribution is 7.92. The Balaban J connectivity index is 1.79. The maximum Gasteiger partial charge on any atom is 0.513 e. The summed E-state index contributed by atoms with van der Waals surface area (Å²) in [5.41, 5.74) is 4.87. The smallest absolute Gasteiger partial charge is 0.493 e. The molecule has 0 saturated heterocycles. The van der Waals surface area contributed by atoms with Gasteiger partial charge in [0.1, 0.15) is 6.54 Å². The van der Waals surface area contributed by atoms with Crippen molar-refractivity contribution in [2.75, 3.05) is 25.1 Å². The number of para-hydroxylation sites is 1. The summed E-state index contributed by atoms with van der Waals surface area (Å²) >= 11 is 0. The molecule has 0 aliphatic heterocycles. The van der Waals surface area contributed by atoms with Gasteiger partial charge in [-0.3, -0.25) is 9.10 Å². The largest absolute Gasteiger partial charge is 0.513 e. The van der Waals surface area contributed by atoms with Gasteiger partial charge in [-0.2, -0.15) is 5.10 Å². The molecule has 0 aliphatic carbocycles. The van der Waals surface area contributed by atoms with Crippen molar-refractivity contribution < 1.29 is 32.2 Å². The normalized spacial score (nSPS) is 11.1. The minimum absolute atomic E-state index is 0.0685. The minimum Gasteiger partial charge on any atom is -0.493 e. The summed E-state index contributed by atoms with van der Waals surface area (Å²) in [6, 6.07) is 17.9. The molecule has 0 saturated carbocycles. The van der Waals surface area contributed by atoms with Gasteiger partial charge in [-0.05, 0) is 61.4 Å². The third kappa shape index (κ3) is 6.85. The number of sulfonamides is 1. The molecule has 0 atom stereocenters. The Bertz CT molecular complexity index is 1400. The monoisotopic (exact) mass is 525 g/mol. The molecule has 0 aliphatic rings. The third-order valence-electron chi connectivity index (χ3n) is 5.23. The lowest BCUT2D eigenvalue weighted by molar-refractivity contribution is -0.119. The molecular formula is C26H27N3O7S. The lowest BCUT2D eigenvalue weighted by Gasteiger charge is -2.25. The van der Waals surface area contributed by atoms with Crippen LogP contribution >= 0.6 is 0 Å². The number of methoxy groups -OCH3 is 2. The molecule has 11 heteroatoms. The molecule has 0 aromatic heterocycles. The van der Waals surface area contributed by atoms with Gasteiger partial charge in [-0.25, -0.2) is 18.6 Å². The molecule has 0 radical (unpaired) electrons. The van der Waals surface area contributed by atoms with E-state index in [1.807, 2.05) is 6.92 Å². The van der Waals surface area contributed by atoms with Crippen LogP contribution in [0.3, 0.4) is 0 Å². The number of nitrogens with zero attached hydrogens (tertiary/aromatic N) is 2. The number of carbonyl (C=O) groups excluding carboxylic acids is 2. The van der Waals surface area contributed by atoms with Gasteiger partial charge in [0.05, 0.1) is 31.0 Å². The summed E-state index contributed by atoms with van der Waals surface area (Å²) in [6.45, 7) is 3.13. The Labute approximate surface area is 215 Å². The zero-order valence-corrected chi connectivity index (χ0v) is 21.6. The Morgan fingerprint density at radius 2 is 1.68 bits per heavy atom. The molecule has 3 rings (SSSR count). The van der Waals surface area contributed by atoms with Crippen molar-refractivity contribution in [2.45, 2.75) is 18.7 Å². The average molecular weight is 526 g/mol. The number of hydrazone groups is 1. The van der Waals surface area contributed by atoms with Crippen LogP contribution in [0.15, 0.2) is 76.7 Å². The van der Waals surface area contributed by atoms with Gasteiger partial charge in [-0.1, -0.05) is 35.9 Å². The van der Waals surface area contributed by atoms with Crippen molar-refractivity contribution in [1.29, 1.82) is 0 Å². The van der Waals surface area contributed by atoms with Crippen LogP contribution in [0.25, 0.3) is 0 Å². The number of nitrogens with one attached hydrogen (secondary N) is 1. The highest BCUT2D eigenvalue weighted by Gasteiger charge is 2.28. The van der Waals surface area contributed by atoms with Crippen LogP contribution in [-0.4, -0.2) is 47.5 Å². The van der Waals surface area contributed by atoms with Crippen LogP contribution in [-0.2, 0) is 19.6 Å². The maximum atomic E-state index is 13.5. The first-order chi connectivity index (χ1) is 17.6. The highest BCUT2D eigenvalue weighted by Crippen LogP contribution is 2.28. The number of carbonyl (C=O) groups is 2. The van der Waals surface area contributed by atoms with Crippen LogP contribution in [0.5, 0.6) is 11.5 Å². The topological polar surface area (TPSA) is 124 Å². The molecule has 3 aromatic rings. The Hall–Kier alpha value is -4.38. The maximum absolute atomic E-state index is 13.5. The van der Waals surface area contributed by atoms with Crippen molar-refractivity contribution >= 4 is 34.0 Å². The van der Waals surface area contributed by atoms with E-state index in [0.717, 1.165) is 9.87 Å². The standard InChI is InChI=1S/C26H27N3O7S/c1-18-9-12-21(13-10-18)37(32,33)29(22-8-6-5-7-19(22)2)17-25(30)28-27-16-20-11-14-23(24(15-20)34-3)36-26(31)35-4/h5-16H,17H2,1-4H3,(H,28,30)/b27-16+. The average Bonchev–Trinajstić information content (AvgIpc) is 2.88. The zero-order valence-electron chi connectivity index (χ0n) is 20.8. The van der Waals surface area contributed by atoms with Crippen molar-refractivity contribution in [3.63, 3.8) is 0 Å². The number of hydrogen-bond donors (Lipinski definition) is 1. The molecule has 0 spiro atoms. The second-order valence-electron chi connectivity index (χ2n) is 7.87. The summed E-state index contributed by atoms with van der Waals surface area (Å²) in [5, 5.41) is 3.93. The van der Waals surface area contributed by atoms with Gasteiger partial charge < -0.3 is 14.2 Å². The molecule has 0 bridgehead atoms. The molecule has 194 valence electrons. The van der Waals surface area contributed by atoms with Crippen molar-refractivity contribution in [3.05, 3.63) is 83.4 Å². The van der Waals surface area contributed by atoms with E-state index in [1.165, 1.54) is 44.7 Å². The quantitative estimate of drug-likeness (QED) is 0.195. The van der Waals surface area contributed by atoms with Crippen LogP contribution in [0.1, 0.15) is 16.7 Å². The molecule has 10 nitrogen and oxygen atoms in total. The third-order valence-corrected chi connectivity index (χ3v) is 7.00. The van der Waals surface area contributed by atoms with Crippen LogP contribution in [0.4, 0.5) is 10.5 Å². The molecule has 1 N–H and O–H groups in total. The van der Waals surface area contributed by atoms with E-state index in [1.54, 1.807) is 49.4 Å². The molecule has 0 unspecified atom stereocenters. The molecule has 3 aromatic carbocycles. The van der Waals surface area contributed by atoms with E-state index in [9.17, 15) is 18.0 Å². The van der Waals surface area contributed by atoms with Gasteiger partial charge in [-0.15, -0.1) is 0 Å². The molecule has 1 amide bonds. The predicted octanol–water partition coefficient (Wildman–Crippen LogP) is 3.80. The lowest BCUT2D eigenvalue weighted by atomic mass is 10.2. The number of ether oxygens (including phenoxy) is 3. The van der Waals surface area contributed by atoms with Crippen molar-refractivity contribution in [2.24, 2.45) is 5.10 Å². The van der Waals surface area contributed by atoms with Crippen molar-refractivity contribution in [3.8, 4) is 11.5 Å². The fourth-order valence-electron chi connectivity index (χ4n) is 3.31. The van der Waals surface area contributed by atoms with E-state index in [0.29, 0.717) is 16.8 Å². The zero-order chi connectivity index (χ0) is 27.0. The first-order valence-corrected chi connectivity index (χ1v) is 12.5. The Kier molecular flexibility index (Phi) is 8.86. The van der Waals surface area contributed by atoms with E-state index < -0.39 is 28.6 Å². The second kappa shape index (κ2) is 12.0. The van der Waals surface area contributed by atoms with Crippen LogP contribution in [0.2, 0.25) is 0 Å². The first-order valence-electron chi connectivity index (χ1n) is 11.1. The van der Waals surface area contributed by atoms with E-state index in [-0.39, 0.29) is 16.4 Å². The number of rotatable bonds is 9. The predicted molar refractivity (Wildman–Crippen MR) is 139 cm³/mol. The molecule has 0 heterocycles. The molecule has 0 fully saturated rings. The van der Waals surface area contributed by atoms with E-state index >= 15 is 0 Å². The number of anilines is 1. The fraction of sp³-hybridized carbons (Fsp3) is 0.192. The Morgan fingerprint density at radius 3 is 2.32 bits per heavy atom.